The molecule has 0 saturated carbocycles. The van der Waals surface area contributed by atoms with Crippen molar-refractivity contribution in [1.82, 2.24) is 10.2 Å². The number of nitrogens with zero attached hydrogens (tertiary/aromatic N) is 1. The van der Waals surface area contributed by atoms with Gasteiger partial charge in [-0.15, -0.1) is 0 Å². The van der Waals surface area contributed by atoms with Crippen LogP contribution in [0.2, 0.25) is 0 Å². The van der Waals surface area contributed by atoms with Crippen molar-refractivity contribution in [3.05, 3.63) is 35.4 Å². The summed E-state index contributed by atoms with van der Waals surface area (Å²) in [6.07, 6.45) is 1.16. The maximum absolute atomic E-state index is 14.5. The first-order chi connectivity index (χ1) is 10.4. The third kappa shape index (κ3) is 4.04. The molecule has 5 nitrogen and oxygen atoms in total. The van der Waals surface area contributed by atoms with Crippen molar-refractivity contribution in [2.24, 2.45) is 5.92 Å². The zero-order chi connectivity index (χ0) is 16.2. The summed E-state index contributed by atoms with van der Waals surface area (Å²) in [6, 6.07) is 6.35. The summed E-state index contributed by atoms with van der Waals surface area (Å²) in [5.74, 6) is -1.23. The Morgan fingerprint density at radius 2 is 2.18 bits per heavy atom. The molecule has 1 aliphatic heterocycles. The van der Waals surface area contributed by atoms with Crippen LogP contribution in [0.5, 0.6) is 0 Å². The molecule has 1 fully saturated rings. The van der Waals surface area contributed by atoms with Gasteiger partial charge in [0.1, 0.15) is 5.67 Å². The minimum Gasteiger partial charge on any atom is -0.478 e. The van der Waals surface area contributed by atoms with Crippen molar-refractivity contribution in [3.63, 3.8) is 0 Å². The summed E-state index contributed by atoms with van der Waals surface area (Å²) in [7, 11) is 0. The van der Waals surface area contributed by atoms with E-state index in [4.69, 9.17) is 5.11 Å². The lowest BCUT2D eigenvalue weighted by molar-refractivity contribution is -0.120. The first-order valence-electron chi connectivity index (χ1n) is 7.33. The van der Waals surface area contributed by atoms with E-state index in [0.29, 0.717) is 32.6 Å². The molecular weight excluding hydrogens is 287 g/mol. The Morgan fingerprint density at radius 1 is 1.50 bits per heavy atom. The van der Waals surface area contributed by atoms with E-state index in [1.54, 1.807) is 19.1 Å². The molecule has 0 aromatic heterocycles. The van der Waals surface area contributed by atoms with E-state index in [1.807, 2.05) is 0 Å². The number of carbonyl (C=O) groups excluding carboxylic acids is 1. The van der Waals surface area contributed by atoms with Crippen LogP contribution in [-0.4, -0.2) is 47.7 Å². The normalized spacial score (nSPS) is 24.7. The smallest absolute Gasteiger partial charge is 0.335 e. The zero-order valence-corrected chi connectivity index (χ0v) is 12.6. The van der Waals surface area contributed by atoms with Gasteiger partial charge in [0.15, 0.2) is 0 Å². The Balaban J connectivity index is 1.99. The molecule has 22 heavy (non-hydrogen) atoms. The van der Waals surface area contributed by atoms with Crippen LogP contribution in [0.3, 0.4) is 0 Å². The number of carboxylic acid groups (broad SMARTS) is 1. The molecule has 1 aliphatic rings. The van der Waals surface area contributed by atoms with Crippen LogP contribution < -0.4 is 5.32 Å². The highest BCUT2D eigenvalue weighted by atomic mass is 19.1. The Kier molecular flexibility index (Phi) is 5.13. The molecule has 1 aromatic carbocycles. The molecule has 1 heterocycles. The van der Waals surface area contributed by atoms with Gasteiger partial charge in [0.2, 0.25) is 6.41 Å². The Hall–Kier alpha value is -1.95. The third-order valence-corrected chi connectivity index (χ3v) is 4.22. The lowest BCUT2D eigenvalue weighted by atomic mass is 9.84. The van der Waals surface area contributed by atoms with Crippen LogP contribution in [0.4, 0.5) is 4.39 Å². The number of hydrogen-bond acceptors (Lipinski definition) is 3. The Labute approximate surface area is 129 Å². The molecule has 1 saturated heterocycles. The lowest BCUT2D eigenvalue weighted by Crippen LogP contribution is -2.50. The Bertz CT molecular complexity index is 531. The number of carbonyl (C=O) groups is 2. The first kappa shape index (κ1) is 16.4. The number of alkyl halides is 1. The molecule has 1 amide bonds. The number of hydrogen-bond donors (Lipinski definition) is 2. The van der Waals surface area contributed by atoms with Crippen molar-refractivity contribution in [2.75, 3.05) is 19.6 Å². The standard InChI is InChI=1S/C16H21FN2O3/c1-16(17)6-7-18-8-14(16)10-19(11-20)9-12-2-4-13(5-3-12)15(21)22/h2-5,11,14,18H,6-10H2,1H3,(H,21,22). The maximum atomic E-state index is 14.5. The number of amides is 1. The topological polar surface area (TPSA) is 69.6 Å². The summed E-state index contributed by atoms with van der Waals surface area (Å²) < 4.78 is 14.5. The molecule has 0 spiro atoms. The predicted molar refractivity (Wildman–Crippen MR) is 80.4 cm³/mol. The monoisotopic (exact) mass is 308 g/mol. The van der Waals surface area contributed by atoms with Crippen LogP contribution in [0, 0.1) is 5.92 Å². The van der Waals surface area contributed by atoms with Gasteiger partial charge in [-0.05, 0) is 37.6 Å². The van der Waals surface area contributed by atoms with Crippen LogP contribution >= 0.6 is 0 Å². The number of piperidine rings is 1. The Morgan fingerprint density at radius 3 is 2.73 bits per heavy atom. The van der Waals surface area contributed by atoms with Crippen molar-refractivity contribution in [1.29, 1.82) is 0 Å². The third-order valence-electron chi connectivity index (χ3n) is 4.22. The van der Waals surface area contributed by atoms with Crippen LogP contribution in [0.15, 0.2) is 24.3 Å². The largest absolute Gasteiger partial charge is 0.478 e. The summed E-state index contributed by atoms with van der Waals surface area (Å²) in [5, 5.41) is 12.0. The highest BCUT2D eigenvalue weighted by molar-refractivity contribution is 5.87. The number of rotatable bonds is 6. The van der Waals surface area contributed by atoms with Gasteiger partial charge in [-0.3, -0.25) is 4.79 Å². The second-order valence-corrected chi connectivity index (χ2v) is 5.97. The number of carboxylic acids is 1. The van der Waals surface area contributed by atoms with E-state index in [2.05, 4.69) is 5.32 Å². The van der Waals surface area contributed by atoms with E-state index < -0.39 is 11.6 Å². The molecule has 0 bridgehead atoms. The molecule has 2 atom stereocenters. The van der Waals surface area contributed by atoms with Gasteiger partial charge in [-0.2, -0.15) is 0 Å². The molecule has 6 heteroatoms. The molecule has 120 valence electrons. The minimum atomic E-state index is -1.28. The lowest BCUT2D eigenvalue weighted by Gasteiger charge is -2.37. The first-order valence-corrected chi connectivity index (χ1v) is 7.33. The van der Waals surface area contributed by atoms with Gasteiger partial charge < -0.3 is 15.3 Å². The molecule has 2 unspecified atom stereocenters. The van der Waals surface area contributed by atoms with E-state index >= 15 is 0 Å². The van der Waals surface area contributed by atoms with Crippen molar-refractivity contribution < 1.29 is 19.1 Å². The van der Waals surface area contributed by atoms with E-state index in [1.165, 1.54) is 17.0 Å². The SMILES string of the molecule is CC1(F)CCNCC1CN(C=O)Cc1ccc(C(=O)O)cc1. The average molecular weight is 308 g/mol. The van der Waals surface area contributed by atoms with Gasteiger partial charge in [0, 0.05) is 25.6 Å². The fourth-order valence-corrected chi connectivity index (χ4v) is 2.70. The van der Waals surface area contributed by atoms with Gasteiger partial charge in [0.25, 0.3) is 0 Å². The zero-order valence-electron chi connectivity index (χ0n) is 12.6. The second-order valence-electron chi connectivity index (χ2n) is 5.97. The quantitative estimate of drug-likeness (QED) is 0.785. The highest BCUT2D eigenvalue weighted by Gasteiger charge is 2.37. The van der Waals surface area contributed by atoms with Gasteiger partial charge in [-0.1, -0.05) is 12.1 Å². The second kappa shape index (κ2) is 6.87. The van der Waals surface area contributed by atoms with Gasteiger partial charge in [0.05, 0.1) is 5.56 Å². The fourth-order valence-electron chi connectivity index (χ4n) is 2.70. The van der Waals surface area contributed by atoms with Gasteiger partial charge >= 0.3 is 5.97 Å². The van der Waals surface area contributed by atoms with E-state index in [0.717, 1.165) is 12.0 Å². The number of benzene rings is 1. The molecule has 2 rings (SSSR count). The van der Waals surface area contributed by atoms with E-state index in [9.17, 15) is 14.0 Å². The molecule has 1 aromatic rings. The number of halogens is 1. The summed E-state index contributed by atoms with van der Waals surface area (Å²) in [5.41, 5.74) is -0.254. The minimum absolute atomic E-state index is 0.203. The highest BCUT2D eigenvalue weighted by Crippen LogP contribution is 2.29. The summed E-state index contributed by atoms with van der Waals surface area (Å²) in [4.78, 5) is 23.6. The van der Waals surface area contributed by atoms with Crippen molar-refractivity contribution >= 4 is 12.4 Å². The molecule has 0 radical (unpaired) electrons. The van der Waals surface area contributed by atoms with Crippen molar-refractivity contribution in [3.8, 4) is 0 Å². The predicted octanol–water partition coefficient (Wildman–Crippen LogP) is 1.68. The van der Waals surface area contributed by atoms with Crippen LogP contribution in [-0.2, 0) is 11.3 Å². The van der Waals surface area contributed by atoms with Crippen LogP contribution in [0.25, 0.3) is 0 Å². The number of aromatic carboxylic acids is 1. The van der Waals surface area contributed by atoms with Gasteiger partial charge in [-0.25, -0.2) is 9.18 Å². The van der Waals surface area contributed by atoms with Crippen LogP contribution in [0.1, 0.15) is 29.3 Å². The maximum Gasteiger partial charge on any atom is 0.335 e. The molecular formula is C16H21FN2O3. The summed E-state index contributed by atoms with van der Waals surface area (Å²) in [6.45, 7) is 3.47. The fraction of sp³-hybridized carbons (Fsp3) is 0.500. The van der Waals surface area contributed by atoms with E-state index in [-0.39, 0.29) is 11.5 Å². The number of nitrogens with one attached hydrogen (secondary N) is 1. The molecule has 2 N–H and O–H groups in total. The summed E-state index contributed by atoms with van der Waals surface area (Å²) >= 11 is 0. The molecule has 0 aliphatic carbocycles. The van der Waals surface area contributed by atoms with Crippen molar-refractivity contribution in [2.45, 2.75) is 25.6 Å². The average Bonchev–Trinajstić information content (AvgIpc) is 2.48.